The number of hydrogen-bond acceptors (Lipinski definition) is 5. The fourth-order valence-electron chi connectivity index (χ4n) is 3.67. The van der Waals surface area contributed by atoms with E-state index in [0.29, 0.717) is 22.7 Å². The number of carbonyl (C=O) groups is 3. The summed E-state index contributed by atoms with van der Waals surface area (Å²) in [5.74, 6) is -0.884. The molecule has 0 unspecified atom stereocenters. The summed E-state index contributed by atoms with van der Waals surface area (Å²) in [6, 6.07) is 17.0. The van der Waals surface area contributed by atoms with Gasteiger partial charge in [0.05, 0.1) is 17.8 Å². The number of nitrogens with one attached hydrogen (secondary N) is 1. The molecule has 0 saturated carbocycles. The average molecular weight is 570 g/mol. The van der Waals surface area contributed by atoms with Gasteiger partial charge in [-0.1, -0.05) is 64.8 Å². The van der Waals surface area contributed by atoms with Crippen molar-refractivity contribution in [2.75, 3.05) is 12.0 Å². The summed E-state index contributed by atoms with van der Waals surface area (Å²) in [6.45, 7) is 2.25. The maximum absolute atomic E-state index is 13.2. The van der Waals surface area contributed by atoms with Crippen LogP contribution in [0.2, 0.25) is 5.02 Å². The highest BCUT2D eigenvalue weighted by Crippen LogP contribution is 2.38. The van der Waals surface area contributed by atoms with Crippen LogP contribution < -0.4 is 19.7 Å². The zero-order chi connectivity index (χ0) is 25.8. The van der Waals surface area contributed by atoms with Crippen LogP contribution in [0, 0.1) is 0 Å². The minimum atomic E-state index is -0.808. The number of anilines is 1. The molecule has 7 nitrogen and oxygen atoms in total. The lowest BCUT2D eigenvalue weighted by Gasteiger charge is -2.26. The highest BCUT2D eigenvalue weighted by molar-refractivity contribution is 9.10. The number of methoxy groups -OCH3 is 1. The first-order valence-electron chi connectivity index (χ1n) is 11.1. The average Bonchev–Trinajstić information content (AvgIpc) is 2.86. The Bertz CT molecular complexity index is 1370. The van der Waals surface area contributed by atoms with Gasteiger partial charge in [0.15, 0.2) is 11.5 Å². The second kappa shape index (κ2) is 11.0. The predicted octanol–water partition coefficient (Wildman–Crippen LogP) is 5.92. The molecule has 0 radical (unpaired) electrons. The van der Waals surface area contributed by atoms with Crippen LogP contribution in [-0.2, 0) is 22.6 Å². The second-order valence-corrected chi connectivity index (χ2v) is 9.15. The molecule has 4 amide bonds. The number of ether oxygens (including phenoxy) is 2. The number of urea groups is 1. The molecule has 3 aromatic rings. The van der Waals surface area contributed by atoms with E-state index in [9.17, 15) is 14.4 Å². The maximum Gasteiger partial charge on any atom is 0.335 e. The van der Waals surface area contributed by atoms with Crippen LogP contribution in [0.5, 0.6) is 11.5 Å². The molecular weight excluding hydrogens is 548 g/mol. The molecule has 0 aliphatic carbocycles. The Labute approximate surface area is 221 Å². The van der Waals surface area contributed by atoms with E-state index in [1.807, 2.05) is 43.3 Å². The Kier molecular flexibility index (Phi) is 7.76. The third kappa shape index (κ3) is 5.29. The quantitative estimate of drug-likeness (QED) is 0.282. The SMILES string of the molecule is CCc1ccc(N2C(=O)NC(=O)/C(=C\c3cc(Cl)c(OCc4ccccc4Br)c(OC)c3)C2=O)cc1. The Balaban J connectivity index is 1.64. The van der Waals surface area contributed by atoms with Crippen molar-refractivity contribution in [3.63, 3.8) is 0 Å². The molecule has 0 atom stereocenters. The molecule has 184 valence electrons. The summed E-state index contributed by atoms with van der Waals surface area (Å²) in [5.41, 5.74) is 2.55. The third-order valence-electron chi connectivity index (χ3n) is 5.60. The van der Waals surface area contributed by atoms with E-state index in [0.717, 1.165) is 26.9 Å². The van der Waals surface area contributed by atoms with Crippen LogP contribution in [0.15, 0.2) is 70.7 Å². The number of benzene rings is 3. The van der Waals surface area contributed by atoms with Crippen molar-refractivity contribution in [1.29, 1.82) is 0 Å². The van der Waals surface area contributed by atoms with Gasteiger partial charge in [0.1, 0.15) is 12.2 Å². The van der Waals surface area contributed by atoms with Crippen molar-refractivity contribution in [3.05, 3.63) is 92.4 Å². The number of barbiturate groups is 1. The van der Waals surface area contributed by atoms with Crippen LogP contribution >= 0.6 is 27.5 Å². The Morgan fingerprint density at radius 1 is 1.06 bits per heavy atom. The van der Waals surface area contributed by atoms with E-state index in [4.69, 9.17) is 21.1 Å². The summed E-state index contributed by atoms with van der Waals surface area (Å²) in [6.07, 6.45) is 2.18. The molecule has 0 spiro atoms. The molecule has 0 aromatic heterocycles. The van der Waals surface area contributed by atoms with Gasteiger partial charge in [0.25, 0.3) is 11.8 Å². The van der Waals surface area contributed by atoms with Gasteiger partial charge in [-0.2, -0.15) is 0 Å². The minimum absolute atomic E-state index is 0.214. The first kappa shape index (κ1) is 25.5. The monoisotopic (exact) mass is 568 g/mol. The van der Waals surface area contributed by atoms with Gasteiger partial charge < -0.3 is 9.47 Å². The number of hydrogen-bond donors (Lipinski definition) is 1. The zero-order valence-corrected chi connectivity index (χ0v) is 21.9. The lowest BCUT2D eigenvalue weighted by Crippen LogP contribution is -2.54. The Morgan fingerprint density at radius 2 is 1.78 bits per heavy atom. The van der Waals surface area contributed by atoms with E-state index >= 15 is 0 Å². The third-order valence-corrected chi connectivity index (χ3v) is 6.65. The lowest BCUT2D eigenvalue weighted by molar-refractivity contribution is -0.122. The van der Waals surface area contributed by atoms with E-state index in [1.54, 1.807) is 24.3 Å². The molecule has 4 rings (SSSR count). The first-order chi connectivity index (χ1) is 17.3. The smallest absolute Gasteiger partial charge is 0.335 e. The van der Waals surface area contributed by atoms with E-state index in [1.165, 1.54) is 13.2 Å². The van der Waals surface area contributed by atoms with Crippen LogP contribution in [-0.4, -0.2) is 25.0 Å². The predicted molar refractivity (Wildman–Crippen MR) is 141 cm³/mol. The van der Waals surface area contributed by atoms with Gasteiger partial charge in [0.2, 0.25) is 0 Å². The Hall–Kier alpha value is -3.62. The van der Waals surface area contributed by atoms with Gasteiger partial charge in [-0.3, -0.25) is 14.9 Å². The number of imide groups is 2. The van der Waals surface area contributed by atoms with Crippen LogP contribution in [0.4, 0.5) is 10.5 Å². The molecule has 36 heavy (non-hydrogen) atoms. The standard InChI is InChI=1S/C27H22BrClN2O5/c1-3-16-8-10-19(11-9-16)31-26(33)20(25(32)30-27(31)34)12-17-13-22(29)24(23(14-17)35-2)36-15-18-6-4-5-7-21(18)28/h4-14H,3,15H2,1-2H3,(H,30,32,34)/b20-12+. The number of aryl methyl sites for hydroxylation is 1. The summed E-state index contributed by atoms with van der Waals surface area (Å²) >= 11 is 9.98. The maximum atomic E-state index is 13.2. The van der Waals surface area contributed by atoms with Crippen molar-refractivity contribution < 1.29 is 23.9 Å². The van der Waals surface area contributed by atoms with Crippen LogP contribution in [0.1, 0.15) is 23.6 Å². The molecule has 1 aliphatic rings. The fraction of sp³-hybridized carbons (Fsp3) is 0.148. The topological polar surface area (TPSA) is 84.9 Å². The number of amides is 4. The van der Waals surface area contributed by atoms with Gasteiger partial charge in [-0.15, -0.1) is 0 Å². The van der Waals surface area contributed by atoms with Crippen LogP contribution in [0.3, 0.4) is 0 Å². The molecule has 1 aliphatic heterocycles. The molecule has 1 N–H and O–H groups in total. The van der Waals surface area contributed by atoms with Crippen LogP contribution in [0.25, 0.3) is 6.08 Å². The molecule has 9 heteroatoms. The number of rotatable bonds is 7. The highest BCUT2D eigenvalue weighted by Gasteiger charge is 2.36. The van der Waals surface area contributed by atoms with E-state index < -0.39 is 17.8 Å². The minimum Gasteiger partial charge on any atom is -0.493 e. The normalized spacial score (nSPS) is 14.7. The first-order valence-corrected chi connectivity index (χ1v) is 12.2. The van der Waals surface area contributed by atoms with Gasteiger partial charge >= 0.3 is 6.03 Å². The number of halogens is 2. The zero-order valence-electron chi connectivity index (χ0n) is 19.5. The summed E-state index contributed by atoms with van der Waals surface area (Å²) in [7, 11) is 1.46. The Morgan fingerprint density at radius 3 is 2.44 bits per heavy atom. The molecule has 1 saturated heterocycles. The van der Waals surface area contributed by atoms with Crippen molar-refractivity contribution in [2.24, 2.45) is 0 Å². The van der Waals surface area contributed by atoms with Gasteiger partial charge in [-0.05, 0) is 54.0 Å². The molecule has 3 aromatic carbocycles. The second-order valence-electron chi connectivity index (χ2n) is 7.89. The fourth-order valence-corrected chi connectivity index (χ4v) is 4.34. The molecular formula is C27H22BrClN2O5. The van der Waals surface area contributed by atoms with Crippen molar-refractivity contribution in [3.8, 4) is 11.5 Å². The summed E-state index contributed by atoms with van der Waals surface area (Å²) in [4.78, 5) is 39.1. The van der Waals surface area contributed by atoms with Gasteiger partial charge in [-0.25, -0.2) is 9.69 Å². The largest absolute Gasteiger partial charge is 0.493 e. The lowest BCUT2D eigenvalue weighted by atomic mass is 10.1. The van der Waals surface area contributed by atoms with Crippen molar-refractivity contribution in [1.82, 2.24) is 5.32 Å². The molecule has 0 bridgehead atoms. The summed E-state index contributed by atoms with van der Waals surface area (Å²) < 4.78 is 12.3. The molecule has 1 fully saturated rings. The van der Waals surface area contributed by atoms with Crippen molar-refractivity contribution >= 4 is 57.1 Å². The molecule has 1 heterocycles. The highest BCUT2D eigenvalue weighted by atomic mass is 79.9. The van der Waals surface area contributed by atoms with E-state index in [2.05, 4.69) is 21.2 Å². The van der Waals surface area contributed by atoms with E-state index in [-0.39, 0.29) is 17.2 Å². The number of nitrogens with zero attached hydrogens (tertiary/aromatic N) is 1. The number of carbonyl (C=O) groups excluding carboxylic acids is 3. The summed E-state index contributed by atoms with van der Waals surface area (Å²) in [5, 5.41) is 2.46. The van der Waals surface area contributed by atoms with Gasteiger partial charge in [0, 0.05) is 10.0 Å². The van der Waals surface area contributed by atoms with Crippen molar-refractivity contribution in [2.45, 2.75) is 20.0 Å².